The molecule has 3 nitrogen and oxygen atoms in total. The van der Waals surface area contributed by atoms with Crippen molar-refractivity contribution >= 4 is 23.7 Å². The number of thiazole rings is 1. The molecule has 1 saturated carbocycles. The largest absolute Gasteiger partial charge is 0.320 e. The molecular formula is C15H26ClN3S. The van der Waals surface area contributed by atoms with E-state index in [9.17, 15) is 0 Å². The maximum absolute atomic E-state index is 4.58. The van der Waals surface area contributed by atoms with E-state index in [-0.39, 0.29) is 12.4 Å². The molecular weight excluding hydrogens is 290 g/mol. The fourth-order valence-electron chi connectivity index (χ4n) is 3.07. The zero-order chi connectivity index (χ0) is 13.1. The number of halogens is 1. The normalized spacial score (nSPS) is 20.9. The quantitative estimate of drug-likeness (QED) is 0.873. The van der Waals surface area contributed by atoms with Gasteiger partial charge in [0.25, 0.3) is 0 Å². The van der Waals surface area contributed by atoms with E-state index < -0.39 is 0 Å². The van der Waals surface area contributed by atoms with Crippen LogP contribution in [-0.4, -0.2) is 36.6 Å². The van der Waals surface area contributed by atoms with Crippen molar-refractivity contribution in [3.63, 3.8) is 0 Å². The second-order valence-electron chi connectivity index (χ2n) is 6.05. The molecule has 0 atom stereocenters. The Hall–Kier alpha value is -0.160. The molecule has 1 N–H and O–H groups in total. The zero-order valence-corrected chi connectivity index (χ0v) is 13.9. The zero-order valence-electron chi connectivity index (χ0n) is 12.3. The molecule has 0 spiro atoms. The molecule has 2 fully saturated rings. The Morgan fingerprint density at radius 1 is 1.30 bits per heavy atom. The van der Waals surface area contributed by atoms with Crippen molar-refractivity contribution < 1.29 is 0 Å². The number of hydrogen-bond donors (Lipinski definition) is 1. The molecule has 1 aromatic heterocycles. The maximum Gasteiger partial charge on any atom is 0.0798 e. The third kappa shape index (κ3) is 4.17. The fraction of sp³-hybridized carbons (Fsp3) is 0.800. The lowest BCUT2D eigenvalue weighted by Crippen LogP contribution is -2.34. The van der Waals surface area contributed by atoms with Crippen LogP contribution in [0.4, 0.5) is 0 Å². The lowest BCUT2D eigenvalue weighted by molar-refractivity contribution is 0.173. The molecule has 2 heterocycles. The Kier molecular flexibility index (Phi) is 6.27. The van der Waals surface area contributed by atoms with Gasteiger partial charge in [0.1, 0.15) is 0 Å². The third-order valence-electron chi connectivity index (χ3n) is 4.51. The summed E-state index contributed by atoms with van der Waals surface area (Å²) >= 11 is 1.86. The molecule has 5 heteroatoms. The summed E-state index contributed by atoms with van der Waals surface area (Å²) in [5, 5.41) is 3.27. The van der Waals surface area contributed by atoms with E-state index in [4.69, 9.17) is 0 Å². The Labute approximate surface area is 132 Å². The van der Waals surface area contributed by atoms with Gasteiger partial charge in [0.2, 0.25) is 0 Å². The van der Waals surface area contributed by atoms with Gasteiger partial charge >= 0.3 is 0 Å². The smallest absolute Gasteiger partial charge is 0.0798 e. The first-order valence-corrected chi connectivity index (χ1v) is 8.54. The first-order valence-electron chi connectivity index (χ1n) is 7.66. The summed E-state index contributed by atoms with van der Waals surface area (Å²) in [6.07, 6.45) is 6.82. The Balaban J connectivity index is 0.00000147. The number of piperidine rings is 1. The molecule has 1 saturated heterocycles. The van der Waals surface area contributed by atoms with Gasteiger partial charge in [0.05, 0.1) is 11.2 Å². The van der Waals surface area contributed by atoms with E-state index >= 15 is 0 Å². The van der Waals surface area contributed by atoms with Crippen molar-refractivity contribution in [2.24, 2.45) is 5.92 Å². The lowest BCUT2D eigenvalue weighted by Gasteiger charge is -2.31. The van der Waals surface area contributed by atoms with Gasteiger partial charge in [-0.2, -0.15) is 0 Å². The maximum atomic E-state index is 4.58. The monoisotopic (exact) mass is 315 g/mol. The van der Waals surface area contributed by atoms with Crippen molar-refractivity contribution in [3.8, 4) is 0 Å². The van der Waals surface area contributed by atoms with Crippen LogP contribution in [0.1, 0.15) is 48.6 Å². The van der Waals surface area contributed by atoms with E-state index in [0.29, 0.717) is 0 Å². The van der Waals surface area contributed by atoms with Crippen LogP contribution in [0.3, 0.4) is 0 Å². The van der Waals surface area contributed by atoms with Crippen LogP contribution in [-0.2, 0) is 6.54 Å². The Morgan fingerprint density at radius 3 is 2.70 bits per heavy atom. The van der Waals surface area contributed by atoms with Crippen molar-refractivity contribution in [2.45, 2.75) is 44.6 Å². The molecule has 0 unspecified atom stereocenters. The van der Waals surface area contributed by atoms with E-state index in [1.165, 1.54) is 62.3 Å². The Morgan fingerprint density at radius 2 is 2.05 bits per heavy atom. The fourth-order valence-corrected chi connectivity index (χ4v) is 3.96. The second-order valence-corrected chi connectivity index (χ2v) is 6.99. The van der Waals surface area contributed by atoms with Crippen LogP contribution in [0.5, 0.6) is 0 Å². The average Bonchev–Trinajstić information content (AvgIpc) is 3.19. The number of likely N-dealkylation sites (tertiary alicyclic amines) is 1. The highest BCUT2D eigenvalue weighted by Gasteiger charge is 2.29. The summed E-state index contributed by atoms with van der Waals surface area (Å²) in [5.41, 5.74) is 3.46. The molecule has 2 aliphatic rings. The van der Waals surface area contributed by atoms with Crippen LogP contribution in [0.25, 0.3) is 0 Å². The lowest BCUT2D eigenvalue weighted by atomic mass is 9.93. The molecule has 0 bridgehead atoms. The molecule has 20 heavy (non-hydrogen) atoms. The highest BCUT2D eigenvalue weighted by Crippen LogP contribution is 2.42. The number of nitrogens with one attached hydrogen (secondary N) is 1. The first-order chi connectivity index (χ1) is 9.36. The van der Waals surface area contributed by atoms with Gasteiger partial charge in [-0.15, -0.1) is 23.7 Å². The van der Waals surface area contributed by atoms with Crippen molar-refractivity contribution in [1.82, 2.24) is 15.2 Å². The summed E-state index contributed by atoms with van der Waals surface area (Å²) in [7, 11) is 2.05. The van der Waals surface area contributed by atoms with Crippen LogP contribution in [0.15, 0.2) is 5.51 Å². The van der Waals surface area contributed by atoms with E-state index in [1.807, 2.05) is 16.8 Å². The van der Waals surface area contributed by atoms with Crippen LogP contribution >= 0.6 is 23.7 Å². The van der Waals surface area contributed by atoms with Gasteiger partial charge in [-0.25, -0.2) is 4.98 Å². The minimum Gasteiger partial charge on any atom is -0.320 e. The van der Waals surface area contributed by atoms with Gasteiger partial charge in [0, 0.05) is 17.3 Å². The number of aromatic nitrogens is 1. The minimum atomic E-state index is 0. The molecule has 3 rings (SSSR count). The Bertz CT molecular complexity index is 398. The molecule has 1 aliphatic carbocycles. The predicted octanol–water partition coefficient (Wildman–Crippen LogP) is 3.26. The molecule has 0 aromatic carbocycles. The topological polar surface area (TPSA) is 28.2 Å². The van der Waals surface area contributed by atoms with Crippen LogP contribution in [0.2, 0.25) is 0 Å². The van der Waals surface area contributed by atoms with Gasteiger partial charge in [0.15, 0.2) is 0 Å². The van der Waals surface area contributed by atoms with Gasteiger partial charge in [-0.1, -0.05) is 0 Å². The van der Waals surface area contributed by atoms with E-state index in [2.05, 4.69) is 22.2 Å². The number of nitrogens with zero attached hydrogens (tertiary/aromatic N) is 2. The van der Waals surface area contributed by atoms with Crippen LogP contribution < -0.4 is 5.32 Å². The third-order valence-corrected chi connectivity index (χ3v) is 5.35. The molecule has 1 aromatic rings. The molecule has 0 radical (unpaired) electrons. The van der Waals surface area contributed by atoms with E-state index in [0.717, 1.165) is 18.4 Å². The van der Waals surface area contributed by atoms with Gasteiger partial charge in [-0.3, -0.25) is 4.90 Å². The first kappa shape index (κ1) is 16.2. The molecule has 114 valence electrons. The average molecular weight is 316 g/mol. The van der Waals surface area contributed by atoms with E-state index in [1.54, 1.807) is 0 Å². The second kappa shape index (κ2) is 7.74. The standard InChI is InChI=1S/C15H25N3S.ClH/c1-16-7-4-12-5-8-18(9-6-12)10-14-15(13-2-3-13)17-11-19-14;/h11-13,16H,2-10H2,1H3;1H. The van der Waals surface area contributed by atoms with Gasteiger partial charge < -0.3 is 5.32 Å². The number of rotatable bonds is 6. The summed E-state index contributed by atoms with van der Waals surface area (Å²) in [6.45, 7) is 4.87. The van der Waals surface area contributed by atoms with Crippen molar-refractivity contribution in [1.29, 1.82) is 0 Å². The SMILES string of the molecule is CNCCC1CCN(Cc2scnc2C2CC2)CC1.Cl. The van der Waals surface area contributed by atoms with Crippen LogP contribution in [0, 0.1) is 5.92 Å². The highest BCUT2D eigenvalue weighted by molar-refractivity contribution is 7.09. The predicted molar refractivity (Wildman–Crippen MR) is 87.9 cm³/mol. The summed E-state index contributed by atoms with van der Waals surface area (Å²) in [4.78, 5) is 8.76. The number of hydrogen-bond acceptors (Lipinski definition) is 4. The summed E-state index contributed by atoms with van der Waals surface area (Å²) in [5.74, 6) is 1.74. The van der Waals surface area contributed by atoms with Gasteiger partial charge in [-0.05, 0) is 64.7 Å². The van der Waals surface area contributed by atoms with Crippen molar-refractivity contribution in [2.75, 3.05) is 26.7 Å². The van der Waals surface area contributed by atoms with Crippen molar-refractivity contribution in [3.05, 3.63) is 16.1 Å². The minimum absolute atomic E-state index is 0. The molecule has 0 amide bonds. The highest BCUT2D eigenvalue weighted by atomic mass is 35.5. The summed E-state index contributed by atoms with van der Waals surface area (Å²) < 4.78 is 0. The molecule has 1 aliphatic heterocycles. The summed E-state index contributed by atoms with van der Waals surface area (Å²) in [6, 6.07) is 0.